The predicted molar refractivity (Wildman–Crippen MR) is 131 cm³/mol. The van der Waals surface area contributed by atoms with Crippen LogP contribution in [0.1, 0.15) is 61.3 Å². The fraction of sp³-hybridized carbons (Fsp3) is 0.385. The summed E-state index contributed by atoms with van der Waals surface area (Å²) >= 11 is 0. The van der Waals surface area contributed by atoms with E-state index >= 15 is 4.39 Å². The minimum absolute atomic E-state index is 0.0928. The van der Waals surface area contributed by atoms with Crippen molar-refractivity contribution in [2.45, 2.75) is 58.4 Å². The van der Waals surface area contributed by atoms with Gasteiger partial charge in [0.15, 0.2) is 23.2 Å². The van der Waals surface area contributed by atoms with Gasteiger partial charge in [-0.2, -0.15) is 18.2 Å². The van der Waals surface area contributed by atoms with E-state index < -0.39 is 23.7 Å². The monoisotopic (exact) mass is 543 g/mol. The van der Waals surface area contributed by atoms with Gasteiger partial charge >= 0.3 is 6.18 Å². The molecule has 0 amide bonds. The maximum absolute atomic E-state index is 15.1. The normalized spacial score (nSPS) is 13.7. The van der Waals surface area contributed by atoms with Crippen LogP contribution in [0.25, 0.3) is 22.9 Å². The van der Waals surface area contributed by atoms with Crippen molar-refractivity contribution in [2.75, 3.05) is 7.11 Å². The second-order valence-corrected chi connectivity index (χ2v) is 9.50. The number of aryl methyl sites for hydroxylation is 1. The first-order valence-corrected chi connectivity index (χ1v) is 12.2. The number of halogens is 4. The minimum atomic E-state index is -4.66. The van der Waals surface area contributed by atoms with E-state index in [2.05, 4.69) is 29.9 Å². The highest BCUT2D eigenvalue weighted by molar-refractivity contribution is 5.66. The Morgan fingerprint density at radius 2 is 1.85 bits per heavy atom. The summed E-state index contributed by atoms with van der Waals surface area (Å²) < 4.78 is 67.3. The molecule has 9 nitrogen and oxygen atoms in total. The number of ether oxygens (including phenoxy) is 2. The number of hydrogen-bond acceptors (Lipinski definition) is 8. The standard InChI is InChI=1S/C26H25F4N7O2/c1-13(2)37-10-18(26(28,29)30)35-24(37)22-17(27)8-15(9-31-22)11-39-19-7-14(3)34-23(36-19)20-21(16-5-6-16)32-12-33-25(20)38-4/h7-10,12-13,16H,5-6,11H2,1-4H3. The largest absolute Gasteiger partial charge is 0.480 e. The lowest BCUT2D eigenvalue weighted by Crippen LogP contribution is -2.06. The first-order valence-electron chi connectivity index (χ1n) is 12.2. The Morgan fingerprint density at radius 3 is 2.49 bits per heavy atom. The molecule has 0 saturated heterocycles. The average Bonchev–Trinajstić information content (AvgIpc) is 3.63. The molecule has 0 unspecified atom stereocenters. The van der Waals surface area contributed by atoms with Gasteiger partial charge < -0.3 is 14.0 Å². The van der Waals surface area contributed by atoms with Gasteiger partial charge in [-0.25, -0.2) is 29.3 Å². The van der Waals surface area contributed by atoms with Crippen LogP contribution in [-0.4, -0.2) is 41.6 Å². The summed E-state index contributed by atoms with van der Waals surface area (Å²) in [6.45, 7) is 5.04. The third-order valence-electron chi connectivity index (χ3n) is 6.13. The summed E-state index contributed by atoms with van der Waals surface area (Å²) in [6, 6.07) is 2.40. The number of imidazole rings is 1. The Kier molecular flexibility index (Phi) is 6.91. The molecule has 5 rings (SSSR count). The van der Waals surface area contributed by atoms with Gasteiger partial charge in [-0.05, 0) is 39.7 Å². The summed E-state index contributed by atoms with van der Waals surface area (Å²) in [5, 5.41) is 0. The quantitative estimate of drug-likeness (QED) is 0.261. The molecular formula is C26H25F4N7O2. The topological polar surface area (TPSA) is 101 Å². The molecule has 204 valence electrons. The Balaban J connectivity index is 1.40. The first-order chi connectivity index (χ1) is 18.5. The Hall–Kier alpha value is -4.16. The molecule has 1 fully saturated rings. The van der Waals surface area contributed by atoms with Gasteiger partial charge in [0.1, 0.15) is 24.2 Å². The molecule has 1 saturated carbocycles. The molecule has 0 N–H and O–H groups in total. The lowest BCUT2D eigenvalue weighted by atomic mass is 10.1. The smallest absolute Gasteiger partial charge is 0.434 e. The summed E-state index contributed by atoms with van der Waals surface area (Å²) in [5.41, 5.74) is 1.00. The summed E-state index contributed by atoms with van der Waals surface area (Å²) in [4.78, 5) is 25.3. The molecule has 1 aliphatic carbocycles. The maximum atomic E-state index is 15.1. The van der Waals surface area contributed by atoms with E-state index in [1.807, 2.05) is 0 Å². The van der Waals surface area contributed by atoms with Crippen LogP contribution in [0.4, 0.5) is 17.6 Å². The fourth-order valence-electron chi connectivity index (χ4n) is 4.12. The molecule has 0 aromatic carbocycles. The fourth-order valence-corrected chi connectivity index (χ4v) is 4.12. The van der Waals surface area contributed by atoms with Crippen LogP contribution in [0.15, 0.2) is 30.9 Å². The molecule has 0 radical (unpaired) electrons. The molecule has 0 atom stereocenters. The SMILES string of the molecule is COc1ncnc(C2CC2)c1-c1nc(C)cc(OCc2cnc(-c3nc(C(F)(F)F)cn3C(C)C)c(F)c2)n1. The molecule has 4 aromatic heterocycles. The van der Waals surface area contributed by atoms with Gasteiger partial charge in [0.05, 0.1) is 12.8 Å². The summed E-state index contributed by atoms with van der Waals surface area (Å²) in [7, 11) is 1.51. The van der Waals surface area contributed by atoms with Crippen LogP contribution >= 0.6 is 0 Å². The number of hydrogen-bond donors (Lipinski definition) is 0. The Bertz CT molecular complexity index is 1520. The van der Waals surface area contributed by atoms with Gasteiger partial charge in [-0.3, -0.25) is 0 Å². The molecular weight excluding hydrogens is 518 g/mol. The molecule has 1 aliphatic rings. The average molecular weight is 544 g/mol. The molecule has 0 bridgehead atoms. The lowest BCUT2D eigenvalue weighted by molar-refractivity contribution is -0.140. The third-order valence-corrected chi connectivity index (χ3v) is 6.13. The van der Waals surface area contributed by atoms with Crippen LogP contribution in [-0.2, 0) is 12.8 Å². The predicted octanol–water partition coefficient (Wildman–Crippen LogP) is 5.70. The Morgan fingerprint density at radius 1 is 1.08 bits per heavy atom. The zero-order chi connectivity index (χ0) is 27.9. The molecule has 0 spiro atoms. The van der Waals surface area contributed by atoms with Crippen molar-refractivity contribution >= 4 is 0 Å². The van der Waals surface area contributed by atoms with E-state index in [1.54, 1.807) is 26.8 Å². The molecule has 4 aromatic rings. The maximum Gasteiger partial charge on any atom is 0.434 e. The number of methoxy groups -OCH3 is 1. The van der Waals surface area contributed by atoms with Gasteiger partial charge in [0.2, 0.25) is 11.8 Å². The lowest BCUT2D eigenvalue weighted by Gasteiger charge is -2.13. The number of alkyl halides is 3. The summed E-state index contributed by atoms with van der Waals surface area (Å²) in [6.07, 6.45) is 0.986. The van der Waals surface area contributed by atoms with Crippen molar-refractivity contribution in [3.8, 4) is 34.7 Å². The number of rotatable bonds is 8. The highest BCUT2D eigenvalue weighted by atomic mass is 19.4. The van der Waals surface area contributed by atoms with Crippen LogP contribution in [0.5, 0.6) is 11.8 Å². The number of aromatic nitrogens is 7. The van der Waals surface area contributed by atoms with Crippen molar-refractivity contribution in [1.82, 2.24) is 34.5 Å². The third kappa shape index (κ3) is 5.52. The zero-order valence-corrected chi connectivity index (χ0v) is 21.6. The van der Waals surface area contributed by atoms with E-state index in [-0.39, 0.29) is 29.9 Å². The second kappa shape index (κ2) is 10.2. The minimum Gasteiger partial charge on any atom is -0.480 e. The van der Waals surface area contributed by atoms with E-state index in [0.29, 0.717) is 28.5 Å². The van der Waals surface area contributed by atoms with Crippen molar-refractivity contribution in [1.29, 1.82) is 0 Å². The Labute approximate surface area is 221 Å². The number of pyridine rings is 1. The highest BCUT2D eigenvalue weighted by Crippen LogP contribution is 2.45. The van der Waals surface area contributed by atoms with Crippen molar-refractivity contribution in [3.63, 3.8) is 0 Å². The summed E-state index contributed by atoms with van der Waals surface area (Å²) in [5.74, 6) is 0.209. The van der Waals surface area contributed by atoms with E-state index in [4.69, 9.17) is 9.47 Å². The first kappa shape index (κ1) is 26.4. The highest BCUT2D eigenvalue weighted by Gasteiger charge is 2.36. The number of nitrogens with zero attached hydrogens (tertiary/aromatic N) is 7. The van der Waals surface area contributed by atoms with Crippen LogP contribution in [0, 0.1) is 12.7 Å². The molecule has 4 heterocycles. The van der Waals surface area contributed by atoms with Crippen LogP contribution in [0.2, 0.25) is 0 Å². The second-order valence-electron chi connectivity index (χ2n) is 9.50. The van der Waals surface area contributed by atoms with Crippen molar-refractivity contribution in [2.24, 2.45) is 0 Å². The van der Waals surface area contributed by atoms with Crippen molar-refractivity contribution < 1.29 is 27.0 Å². The van der Waals surface area contributed by atoms with E-state index in [9.17, 15) is 13.2 Å². The van der Waals surface area contributed by atoms with Crippen LogP contribution < -0.4 is 9.47 Å². The molecule has 0 aliphatic heterocycles. The van der Waals surface area contributed by atoms with E-state index in [1.165, 1.54) is 24.2 Å². The molecule has 39 heavy (non-hydrogen) atoms. The zero-order valence-electron chi connectivity index (χ0n) is 21.6. The van der Waals surface area contributed by atoms with Gasteiger partial charge in [-0.15, -0.1) is 0 Å². The van der Waals surface area contributed by atoms with E-state index in [0.717, 1.165) is 30.8 Å². The van der Waals surface area contributed by atoms with Gasteiger partial charge in [-0.1, -0.05) is 0 Å². The molecule has 13 heteroatoms. The van der Waals surface area contributed by atoms with Crippen LogP contribution in [0.3, 0.4) is 0 Å². The van der Waals surface area contributed by atoms with Gasteiger partial charge in [0, 0.05) is 41.7 Å². The van der Waals surface area contributed by atoms with Crippen molar-refractivity contribution in [3.05, 3.63) is 59.3 Å². The van der Waals surface area contributed by atoms with Gasteiger partial charge in [0.25, 0.3) is 0 Å².